The molecular formula is C25H25Cl2N3O5S. The average Bonchev–Trinajstić information content (AvgIpc) is 2.85. The van der Waals surface area contributed by atoms with Crippen molar-refractivity contribution in [3.05, 3.63) is 88.4 Å². The maximum atomic E-state index is 13.5. The Bertz CT molecular complexity index is 1320. The van der Waals surface area contributed by atoms with Crippen molar-refractivity contribution in [1.29, 1.82) is 0 Å². The number of rotatable bonds is 11. The van der Waals surface area contributed by atoms with Crippen molar-refractivity contribution in [2.24, 2.45) is 0 Å². The van der Waals surface area contributed by atoms with Crippen molar-refractivity contribution in [1.82, 2.24) is 5.32 Å². The van der Waals surface area contributed by atoms with Crippen LogP contribution in [0.2, 0.25) is 10.0 Å². The number of nitrogens with one attached hydrogen (secondary N) is 2. The molecule has 0 spiro atoms. The zero-order valence-corrected chi connectivity index (χ0v) is 21.7. The van der Waals surface area contributed by atoms with Gasteiger partial charge < -0.3 is 15.4 Å². The Balaban J connectivity index is 1.85. The predicted octanol–water partition coefficient (Wildman–Crippen LogP) is 4.59. The number of ether oxygens (including phenoxy) is 1. The van der Waals surface area contributed by atoms with Crippen molar-refractivity contribution in [2.45, 2.75) is 11.3 Å². The SMILES string of the molecule is COCCCNC(=O)c1ccccc1NC(=O)CN(c1cccc(Cl)c1)S(=O)(=O)c1ccc(Cl)cc1. The third kappa shape index (κ3) is 7.20. The molecule has 0 aliphatic rings. The normalized spacial score (nSPS) is 11.1. The fraction of sp³-hybridized carbons (Fsp3) is 0.200. The highest BCUT2D eigenvalue weighted by Gasteiger charge is 2.28. The summed E-state index contributed by atoms with van der Waals surface area (Å²) in [6, 6.07) is 18.3. The summed E-state index contributed by atoms with van der Waals surface area (Å²) >= 11 is 12.0. The van der Waals surface area contributed by atoms with Gasteiger partial charge in [0.15, 0.2) is 0 Å². The molecule has 2 N–H and O–H groups in total. The van der Waals surface area contributed by atoms with Crippen LogP contribution in [-0.4, -0.2) is 47.0 Å². The fourth-order valence-corrected chi connectivity index (χ4v) is 5.03. The van der Waals surface area contributed by atoms with Gasteiger partial charge in [0, 0.05) is 30.3 Å². The average molecular weight is 550 g/mol. The lowest BCUT2D eigenvalue weighted by atomic mass is 10.1. The van der Waals surface area contributed by atoms with Crippen molar-refractivity contribution >= 4 is 56.4 Å². The second kappa shape index (κ2) is 12.7. The van der Waals surface area contributed by atoms with Crippen molar-refractivity contribution < 1.29 is 22.7 Å². The van der Waals surface area contributed by atoms with E-state index < -0.39 is 22.5 Å². The van der Waals surface area contributed by atoms with E-state index in [0.717, 1.165) is 4.31 Å². The monoisotopic (exact) mass is 549 g/mol. The van der Waals surface area contributed by atoms with Crippen LogP contribution in [0, 0.1) is 0 Å². The highest BCUT2D eigenvalue weighted by molar-refractivity contribution is 7.92. The molecule has 0 atom stereocenters. The number of halogens is 2. The van der Waals surface area contributed by atoms with E-state index in [1.807, 2.05) is 0 Å². The first-order chi connectivity index (χ1) is 17.2. The van der Waals surface area contributed by atoms with E-state index in [4.69, 9.17) is 27.9 Å². The zero-order chi connectivity index (χ0) is 26.1. The molecule has 36 heavy (non-hydrogen) atoms. The number of hydrogen-bond acceptors (Lipinski definition) is 5. The van der Waals surface area contributed by atoms with E-state index in [1.165, 1.54) is 36.4 Å². The molecule has 0 bridgehead atoms. The smallest absolute Gasteiger partial charge is 0.264 e. The van der Waals surface area contributed by atoms with Crippen molar-refractivity contribution in [3.8, 4) is 0 Å². The Hall–Kier alpha value is -3.11. The first-order valence-electron chi connectivity index (χ1n) is 10.9. The van der Waals surface area contributed by atoms with Gasteiger partial charge in [-0.3, -0.25) is 13.9 Å². The first kappa shape index (κ1) is 27.5. The number of hydrogen-bond donors (Lipinski definition) is 2. The van der Waals surface area contributed by atoms with Crippen LogP contribution in [0.25, 0.3) is 0 Å². The largest absolute Gasteiger partial charge is 0.385 e. The maximum absolute atomic E-state index is 13.5. The second-order valence-corrected chi connectivity index (χ2v) is 10.4. The number of benzene rings is 3. The van der Waals surface area contributed by atoms with Gasteiger partial charge in [0.2, 0.25) is 5.91 Å². The quantitative estimate of drug-likeness (QED) is 0.340. The molecule has 0 aliphatic heterocycles. The van der Waals surface area contributed by atoms with Crippen molar-refractivity contribution in [3.63, 3.8) is 0 Å². The van der Waals surface area contributed by atoms with Gasteiger partial charge in [-0.15, -0.1) is 0 Å². The molecule has 0 saturated heterocycles. The molecule has 3 rings (SSSR count). The summed E-state index contributed by atoms with van der Waals surface area (Å²) < 4.78 is 32.9. The van der Waals surface area contributed by atoms with E-state index >= 15 is 0 Å². The van der Waals surface area contributed by atoms with Crippen molar-refractivity contribution in [2.75, 3.05) is 36.4 Å². The molecule has 0 unspecified atom stereocenters. The van der Waals surface area contributed by atoms with E-state index in [-0.39, 0.29) is 27.7 Å². The summed E-state index contributed by atoms with van der Waals surface area (Å²) in [6.45, 7) is 0.339. The summed E-state index contributed by atoms with van der Waals surface area (Å²) in [4.78, 5) is 25.6. The minimum Gasteiger partial charge on any atom is -0.385 e. The number of nitrogens with zero attached hydrogens (tertiary/aromatic N) is 1. The Labute approximate surface area is 220 Å². The Kier molecular flexibility index (Phi) is 9.72. The summed E-state index contributed by atoms with van der Waals surface area (Å²) in [7, 11) is -2.58. The Morgan fingerprint density at radius 2 is 1.67 bits per heavy atom. The van der Waals surface area contributed by atoms with E-state index in [2.05, 4.69) is 10.6 Å². The second-order valence-electron chi connectivity index (χ2n) is 7.64. The third-order valence-electron chi connectivity index (χ3n) is 5.04. The molecule has 0 saturated carbocycles. The maximum Gasteiger partial charge on any atom is 0.264 e. The highest BCUT2D eigenvalue weighted by Crippen LogP contribution is 2.27. The van der Waals surface area contributed by atoms with Crippen LogP contribution < -0.4 is 14.9 Å². The number of amides is 2. The van der Waals surface area contributed by atoms with Crippen LogP contribution in [0.1, 0.15) is 16.8 Å². The molecule has 0 aliphatic carbocycles. The van der Waals surface area contributed by atoms with Crippen LogP contribution >= 0.6 is 23.2 Å². The van der Waals surface area contributed by atoms with Gasteiger partial charge in [0.25, 0.3) is 15.9 Å². The van der Waals surface area contributed by atoms with Gasteiger partial charge >= 0.3 is 0 Å². The lowest BCUT2D eigenvalue weighted by molar-refractivity contribution is -0.114. The number of methoxy groups -OCH3 is 1. The van der Waals surface area contributed by atoms with Crippen LogP contribution in [0.15, 0.2) is 77.7 Å². The van der Waals surface area contributed by atoms with Crippen LogP contribution in [-0.2, 0) is 19.6 Å². The topological polar surface area (TPSA) is 105 Å². The number of anilines is 2. The van der Waals surface area contributed by atoms with Gasteiger partial charge in [-0.2, -0.15) is 0 Å². The van der Waals surface area contributed by atoms with Gasteiger partial charge in [-0.05, 0) is 61.0 Å². The minimum absolute atomic E-state index is 0.0458. The molecule has 0 radical (unpaired) electrons. The van der Waals surface area contributed by atoms with Gasteiger partial charge in [-0.1, -0.05) is 41.4 Å². The highest BCUT2D eigenvalue weighted by atomic mass is 35.5. The predicted molar refractivity (Wildman–Crippen MR) is 141 cm³/mol. The van der Waals surface area contributed by atoms with Gasteiger partial charge in [-0.25, -0.2) is 8.42 Å². The molecule has 11 heteroatoms. The van der Waals surface area contributed by atoms with Crippen LogP contribution in [0.5, 0.6) is 0 Å². The van der Waals surface area contributed by atoms with E-state index in [0.29, 0.717) is 29.6 Å². The van der Waals surface area contributed by atoms with Crippen LogP contribution in [0.3, 0.4) is 0 Å². The summed E-state index contributed by atoms with van der Waals surface area (Å²) in [5.41, 5.74) is 0.705. The lowest BCUT2D eigenvalue weighted by Crippen LogP contribution is -2.38. The molecule has 8 nitrogen and oxygen atoms in total. The molecule has 3 aromatic rings. The summed E-state index contributed by atoms with van der Waals surface area (Å²) in [5, 5.41) is 6.10. The van der Waals surface area contributed by atoms with Crippen LogP contribution in [0.4, 0.5) is 11.4 Å². The van der Waals surface area contributed by atoms with E-state index in [1.54, 1.807) is 43.5 Å². The van der Waals surface area contributed by atoms with Gasteiger partial charge in [0.05, 0.1) is 21.8 Å². The minimum atomic E-state index is -4.15. The standard InChI is InChI=1S/C25H25Cl2N3O5S/c1-35-15-5-14-28-25(32)22-8-2-3-9-23(22)29-24(31)17-30(20-7-4-6-19(27)16-20)36(33,34)21-12-10-18(26)11-13-21/h2-4,6-13,16H,5,14-15,17H2,1H3,(H,28,32)(H,29,31). The van der Waals surface area contributed by atoms with Gasteiger partial charge in [0.1, 0.15) is 6.54 Å². The fourth-order valence-electron chi connectivity index (χ4n) is 3.30. The molecule has 0 heterocycles. The Morgan fingerprint density at radius 3 is 2.36 bits per heavy atom. The molecule has 2 amide bonds. The third-order valence-corrected chi connectivity index (χ3v) is 7.32. The lowest BCUT2D eigenvalue weighted by Gasteiger charge is -2.24. The molecular weight excluding hydrogens is 525 g/mol. The number of para-hydroxylation sites is 1. The molecule has 0 fully saturated rings. The number of sulfonamides is 1. The Morgan fingerprint density at radius 1 is 0.944 bits per heavy atom. The molecule has 3 aromatic carbocycles. The first-order valence-corrected chi connectivity index (χ1v) is 13.1. The number of carbonyl (C=O) groups is 2. The summed E-state index contributed by atoms with van der Waals surface area (Å²) in [6.07, 6.45) is 0.633. The zero-order valence-electron chi connectivity index (χ0n) is 19.4. The summed E-state index contributed by atoms with van der Waals surface area (Å²) in [5.74, 6) is -1.02. The molecule has 0 aromatic heterocycles. The molecule has 190 valence electrons. The number of carbonyl (C=O) groups excluding carboxylic acids is 2. The van der Waals surface area contributed by atoms with E-state index in [9.17, 15) is 18.0 Å².